The van der Waals surface area contributed by atoms with Crippen LogP contribution < -0.4 is 16.0 Å². The summed E-state index contributed by atoms with van der Waals surface area (Å²) < 4.78 is 16.2. The van der Waals surface area contributed by atoms with Crippen LogP contribution in [0.2, 0.25) is 0 Å². The molecule has 48 heavy (non-hydrogen) atoms. The molecule has 5 N–H and O–H groups in total. The van der Waals surface area contributed by atoms with Gasteiger partial charge in [-0.05, 0) is 71.1 Å². The minimum atomic E-state index is -1.06. The Kier molecular flexibility index (Phi) is 14.7. The lowest BCUT2D eigenvalue weighted by Gasteiger charge is -2.29. The Balaban J connectivity index is 1.63. The van der Waals surface area contributed by atoms with E-state index in [1.807, 2.05) is 54.6 Å². The van der Waals surface area contributed by atoms with Crippen LogP contribution in [0.5, 0.6) is 0 Å². The van der Waals surface area contributed by atoms with Crippen LogP contribution in [-0.2, 0) is 38.3 Å². The van der Waals surface area contributed by atoms with Gasteiger partial charge in [-0.25, -0.2) is 9.59 Å². The number of carbonyl (C=O) groups is 3. The van der Waals surface area contributed by atoms with E-state index in [4.69, 9.17) is 14.2 Å². The maximum absolute atomic E-state index is 12.7. The van der Waals surface area contributed by atoms with Crippen molar-refractivity contribution in [2.24, 2.45) is 0 Å². The van der Waals surface area contributed by atoms with Crippen molar-refractivity contribution in [3.63, 3.8) is 0 Å². The fourth-order valence-corrected chi connectivity index (χ4v) is 5.16. The van der Waals surface area contributed by atoms with Crippen molar-refractivity contribution in [1.29, 1.82) is 0 Å². The van der Waals surface area contributed by atoms with Crippen molar-refractivity contribution in [2.45, 2.75) is 96.3 Å². The van der Waals surface area contributed by atoms with E-state index in [1.165, 1.54) is 0 Å². The first-order valence-corrected chi connectivity index (χ1v) is 16.6. The molecular formula is C36H54N4O8. The van der Waals surface area contributed by atoms with Gasteiger partial charge < -0.3 is 45.3 Å². The van der Waals surface area contributed by atoms with E-state index in [0.717, 1.165) is 16.7 Å². The van der Waals surface area contributed by atoms with Gasteiger partial charge in [-0.1, -0.05) is 54.6 Å². The highest BCUT2D eigenvalue weighted by molar-refractivity contribution is 5.78. The average molecular weight is 671 g/mol. The molecule has 1 aliphatic heterocycles. The molecule has 3 amide bonds. The van der Waals surface area contributed by atoms with Crippen LogP contribution in [-0.4, -0.2) is 108 Å². The number of hydrogen-bond donors (Lipinski definition) is 5. The van der Waals surface area contributed by atoms with Crippen molar-refractivity contribution in [1.82, 2.24) is 20.9 Å². The van der Waals surface area contributed by atoms with E-state index in [0.29, 0.717) is 39.1 Å². The SMILES string of the molecule is CC(C)(C)OC(=O)N[C@@H](Cc1ccccc1)[C@H](O)CNC[C@@H](O)[C@H](Cc1ccc(CC(=O)N2CCOCC2)cc1)NC(=O)OC(C)(C)C. The highest BCUT2D eigenvalue weighted by Gasteiger charge is 2.28. The molecule has 0 unspecified atom stereocenters. The maximum atomic E-state index is 12.7. The van der Waals surface area contributed by atoms with Gasteiger partial charge in [0.25, 0.3) is 0 Å². The third-order valence-corrected chi connectivity index (χ3v) is 7.54. The van der Waals surface area contributed by atoms with Gasteiger partial charge in [0.15, 0.2) is 0 Å². The predicted octanol–water partition coefficient (Wildman–Crippen LogP) is 2.97. The van der Waals surface area contributed by atoms with E-state index in [-0.39, 0.29) is 25.4 Å². The topological polar surface area (TPSA) is 159 Å². The fraction of sp³-hybridized carbons (Fsp3) is 0.583. The van der Waals surface area contributed by atoms with Gasteiger partial charge in [0.05, 0.1) is 43.9 Å². The number of nitrogens with one attached hydrogen (secondary N) is 3. The van der Waals surface area contributed by atoms with Crippen LogP contribution in [0.4, 0.5) is 9.59 Å². The third kappa shape index (κ3) is 14.6. The van der Waals surface area contributed by atoms with E-state index in [2.05, 4.69) is 16.0 Å². The summed E-state index contributed by atoms with van der Waals surface area (Å²) in [5.41, 5.74) is 1.21. The predicted molar refractivity (Wildman–Crippen MR) is 183 cm³/mol. The molecule has 0 radical (unpaired) electrons. The van der Waals surface area contributed by atoms with Crippen molar-refractivity contribution in [3.8, 4) is 0 Å². The summed E-state index contributed by atoms with van der Waals surface area (Å²) in [5, 5.41) is 31.0. The molecule has 3 rings (SSSR count). The van der Waals surface area contributed by atoms with Gasteiger partial charge in [0, 0.05) is 26.2 Å². The molecule has 1 fully saturated rings. The Hall–Kier alpha value is -3.71. The van der Waals surface area contributed by atoms with E-state index in [9.17, 15) is 24.6 Å². The number of alkyl carbamates (subject to hydrolysis) is 2. The van der Waals surface area contributed by atoms with E-state index in [1.54, 1.807) is 46.4 Å². The fourth-order valence-electron chi connectivity index (χ4n) is 5.16. The van der Waals surface area contributed by atoms with Gasteiger partial charge in [-0.15, -0.1) is 0 Å². The van der Waals surface area contributed by atoms with Crippen LogP contribution in [0.1, 0.15) is 58.2 Å². The number of rotatable bonds is 14. The van der Waals surface area contributed by atoms with Crippen LogP contribution in [0, 0.1) is 0 Å². The van der Waals surface area contributed by atoms with Crippen LogP contribution in [0.3, 0.4) is 0 Å². The second kappa shape index (κ2) is 18.2. The molecule has 1 aliphatic rings. The van der Waals surface area contributed by atoms with Crippen LogP contribution in [0.25, 0.3) is 0 Å². The number of amides is 3. The molecule has 0 aliphatic carbocycles. The van der Waals surface area contributed by atoms with Crippen molar-refractivity contribution >= 4 is 18.1 Å². The quantitative estimate of drug-likeness (QED) is 0.204. The van der Waals surface area contributed by atoms with Gasteiger partial charge in [-0.2, -0.15) is 0 Å². The highest BCUT2D eigenvalue weighted by Crippen LogP contribution is 2.14. The number of carbonyl (C=O) groups excluding carboxylic acids is 3. The van der Waals surface area contributed by atoms with Crippen molar-refractivity contribution in [2.75, 3.05) is 39.4 Å². The number of aliphatic hydroxyl groups is 2. The molecule has 1 heterocycles. The number of ether oxygens (including phenoxy) is 3. The van der Waals surface area contributed by atoms with Crippen LogP contribution >= 0.6 is 0 Å². The normalized spacial score (nSPS) is 16.3. The Morgan fingerprint density at radius 3 is 1.62 bits per heavy atom. The maximum Gasteiger partial charge on any atom is 0.407 e. The summed E-state index contributed by atoms with van der Waals surface area (Å²) in [5.74, 6) is 0.0477. The molecule has 12 nitrogen and oxygen atoms in total. The Morgan fingerprint density at radius 2 is 1.17 bits per heavy atom. The Labute approximate surface area is 284 Å². The van der Waals surface area contributed by atoms with Gasteiger partial charge in [0.2, 0.25) is 5.91 Å². The van der Waals surface area contributed by atoms with Crippen LogP contribution in [0.15, 0.2) is 54.6 Å². The molecule has 4 atom stereocenters. The summed E-state index contributed by atoms with van der Waals surface area (Å²) in [6.45, 7) is 12.9. The molecule has 0 spiro atoms. The lowest BCUT2D eigenvalue weighted by Crippen LogP contribution is -2.53. The van der Waals surface area contributed by atoms with Crippen molar-refractivity contribution in [3.05, 3.63) is 71.3 Å². The zero-order valence-corrected chi connectivity index (χ0v) is 29.2. The zero-order valence-electron chi connectivity index (χ0n) is 29.2. The van der Waals surface area contributed by atoms with Gasteiger partial charge >= 0.3 is 12.2 Å². The Bertz CT molecular complexity index is 1290. The molecule has 266 valence electrons. The molecule has 0 bridgehead atoms. The lowest BCUT2D eigenvalue weighted by atomic mass is 9.99. The smallest absolute Gasteiger partial charge is 0.407 e. The zero-order chi connectivity index (χ0) is 35.3. The number of morpholine rings is 1. The summed E-state index contributed by atoms with van der Waals surface area (Å²) in [6.07, 6.45) is -2.44. The molecular weight excluding hydrogens is 616 g/mol. The van der Waals surface area contributed by atoms with E-state index < -0.39 is 47.7 Å². The second-order valence-electron chi connectivity index (χ2n) is 14.2. The third-order valence-electron chi connectivity index (χ3n) is 7.54. The summed E-state index contributed by atoms with van der Waals surface area (Å²) >= 11 is 0. The van der Waals surface area contributed by atoms with Gasteiger partial charge in [0.1, 0.15) is 11.2 Å². The number of hydrogen-bond acceptors (Lipinski definition) is 9. The largest absolute Gasteiger partial charge is 0.444 e. The average Bonchev–Trinajstić information content (AvgIpc) is 3.00. The monoisotopic (exact) mass is 670 g/mol. The Morgan fingerprint density at radius 1 is 0.729 bits per heavy atom. The second-order valence-corrected chi connectivity index (χ2v) is 14.2. The number of benzene rings is 2. The standard InChI is InChI=1S/C36H54N4O8/c1-35(2,3)47-33(44)38-28(20-25-10-8-7-9-11-25)30(41)23-37-24-31(42)29(39-34(45)48-36(4,5)6)21-26-12-14-27(15-13-26)22-32(43)40-16-18-46-19-17-40/h7-15,28-31,37,41-42H,16-24H2,1-6H3,(H,38,44)(H,39,45)/t28-,29-,30+,31+/m0/s1. The first-order chi connectivity index (χ1) is 22.6. The summed E-state index contributed by atoms with van der Waals surface area (Å²) in [6, 6.07) is 15.6. The molecule has 2 aromatic carbocycles. The lowest BCUT2D eigenvalue weighted by molar-refractivity contribution is -0.134. The molecule has 1 saturated heterocycles. The summed E-state index contributed by atoms with van der Waals surface area (Å²) in [7, 11) is 0. The molecule has 2 aromatic rings. The number of aliphatic hydroxyl groups excluding tert-OH is 2. The molecule has 0 aromatic heterocycles. The number of nitrogens with zero attached hydrogens (tertiary/aromatic N) is 1. The minimum absolute atomic E-state index is 0.0359. The van der Waals surface area contributed by atoms with Gasteiger partial charge in [-0.3, -0.25) is 4.79 Å². The molecule has 12 heteroatoms. The van der Waals surface area contributed by atoms with Crippen molar-refractivity contribution < 1.29 is 38.8 Å². The minimum Gasteiger partial charge on any atom is -0.444 e. The first kappa shape index (κ1) is 38.7. The summed E-state index contributed by atoms with van der Waals surface area (Å²) in [4.78, 5) is 39.8. The van der Waals surface area contributed by atoms with E-state index >= 15 is 0 Å². The molecule has 0 saturated carbocycles. The highest BCUT2D eigenvalue weighted by atomic mass is 16.6. The first-order valence-electron chi connectivity index (χ1n) is 16.6.